The molecule has 1 amide bonds. The van der Waals surface area contributed by atoms with E-state index in [1.807, 2.05) is 0 Å². The Morgan fingerprint density at radius 1 is 1.56 bits per heavy atom. The molecule has 2 rings (SSSR count). The molecular weight excluding hydrogens is 279 g/mol. The number of likely N-dealkylation sites (tertiary alicyclic amines) is 1. The second-order valence-electron chi connectivity index (χ2n) is 4.33. The Bertz CT molecular complexity index is 515. The minimum absolute atomic E-state index is 0.104. The molecule has 0 N–H and O–H groups in total. The van der Waals surface area contributed by atoms with Gasteiger partial charge in [-0.15, -0.1) is 15.2 Å². The van der Waals surface area contributed by atoms with Crippen molar-refractivity contribution in [2.24, 2.45) is 5.92 Å². The van der Waals surface area contributed by atoms with Crippen LogP contribution in [0.5, 0.6) is 0 Å². The van der Waals surface area contributed by atoms with Crippen LogP contribution in [-0.2, 0) is 21.4 Å². The molecule has 18 heavy (non-hydrogen) atoms. The summed E-state index contributed by atoms with van der Waals surface area (Å²) in [6.45, 7) is 0.852. The third-order valence-corrected chi connectivity index (χ3v) is 4.55. The van der Waals surface area contributed by atoms with Crippen molar-refractivity contribution in [1.82, 2.24) is 9.88 Å². The Labute approximate surface area is 109 Å². The molecule has 5 nitrogen and oxygen atoms in total. The standard InChI is InChI=1S/C10H13FN2O3S2/c11-18(15,16)6-8-3-10(14)13(5-8)2-1-9-4-12-7-17-9/h4,7-8H,1-3,5-6H2. The number of thiazole rings is 1. The van der Waals surface area contributed by atoms with Crippen LogP contribution in [0.2, 0.25) is 0 Å². The zero-order valence-corrected chi connectivity index (χ0v) is 11.2. The predicted octanol–water partition coefficient (Wildman–Crippen LogP) is 0.833. The molecule has 1 unspecified atom stereocenters. The van der Waals surface area contributed by atoms with E-state index in [0.29, 0.717) is 19.5 Å². The molecule has 0 radical (unpaired) electrons. The van der Waals surface area contributed by atoms with E-state index in [9.17, 15) is 17.1 Å². The first kappa shape index (κ1) is 13.4. The summed E-state index contributed by atoms with van der Waals surface area (Å²) in [6, 6.07) is 0. The fourth-order valence-corrected chi connectivity index (χ4v) is 3.45. The smallest absolute Gasteiger partial charge is 0.302 e. The third kappa shape index (κ3) is 3.74. The number of amides is 1. The van der Waals surface area contributed by atoms with Gasteiger partial charge in [0.1, 0.15) is 0 Å². The summed E-state index contributed by atoms with van der Waals surface area (Å²) in [6.07, 6.45) is 2.56. The number of aromatic nitrogens is 1. The number of carbonyl (C=O) groups is 1. The van der Waals surface area contributed by atoms with Crippen molar-refractivity contribution >= 4 is 27.5 Å². The van der Waals surface area contributed by atoms with Gasteiger partial charge in [0.2, 0.25) is 5.91 Å². The van der Waals surface area contributed by atoms with Crippen LogP contribution in [0.15, 0.2) is 11.7 Å². The van der Waals surface area contributed by atoms with E-state index in [-0.39, 0.29) is 12.3 Å². The molecule has 1 aliphatic heterocycles. The van der Waals surface area contributed by atoms with Crippen LogP contribution in [0, 0.1) is 5.92 Å². The average molecular weight is 292 g/mol. The lowest BCUT2D eigenvalue weighted by molar-refractivity contribution is -0.127. The highest BCUT2D eigenvalue weighted by atomic mass is 32.3. The monoisotopic (exact) mass is 292 g/mol. The third-order valence-electron chi connectivity index (χ3n) is 2.84. The molecule has 1 fully saturated rings. The van der Waals surface area contributed by atoms with Crippen molar-refractivity contribution in [2.45, 2.75) is 12.8 Å². The van der Waals surface area contributed by atoms with Crippen LogP contribution in [0.1, 0.15) is 11.3 Å². The number of nitrogens with zero attached hydrogens (tertiary/aromatic N) is 2. The Morgan fingerprint density at radius 3 is 2.94 bits per heavy atom. The lowest BCUT2D eigenvalue weighted by Gasteiger charge is -2.15. The molecular formula is C10H13FN2O3S2. The Morgan fingerprint density at radius 2 is 2.33 bits per heavy atom. The summed E-state index contributed by atoms with van der Waals surface area (Å²) in [4.78, 5) is 18.2. The average Bonchev–Trinajstić information content (AvgIpc) is 2.83. The first-order valence-corrected chi connectivity index (χ1v) is 7.95. The van der Waals surface area contributed by atoms with Crippen LogP contribution in [0.4, 0.5) is 3.89 Å². The topological polar surface area (TPSA) is 67.3 Å². The molecule has 2 heterocycles. The molecule has 8 heteroatoms. The molecule has 1 atom stereocenters. The van der Waals surface area contributed by atoms with Crippen LogP contribution in [-0.4, -0.2) is 43.1 Å². The van der Waals surface area contributed by atoms with Crippen molar-refractivity contribution in [2.75, 3.05) is 18.8 Å². The first-order valence-electron chi connectivity index (χ1n) is 5.51. The zero-order valence-electron chi connectivity index (χ0n) is 9.58. The second-order valence-corrected chi connectivity index (χ2v) is 6.72. The number of hydrogen-bond donors (Lipinski definition) is 0. The van der Waals surface area contributed by atoms with Gasteiger partial charge in [-0.25, -0.2) is 0 Å². The van der Waals surface area contributed by atoms with E-state index < -0.39 is 21.9 Å². The van der Waals surface area contributed by atoms with Crippen LogP contribution in [0.25, 0.3) is 0 Å². The van der Waals surface area contributed by atoms with E-state index in [1.54, 1.807) is 16.6 Å². The van der Waals surface area contributed by atoms with E-state index >= 15 is 0 Å². The summed E-state index contributed by atoms with van der Waals surface area (Å²) in [5.41, 5.74) is 1.72. The van der Waals surface area contributed by atoms with Gasteiger partial charge in [-0.05, 0) is 0 Å². The highest BCUT2D eigenvalue weighted by molar-refractivity contribution is 7.86. The lowest BCUT2D eigenvalue weighted by Crippen LogP contribution is -2.28. The minimum atomic E-state index is -4.50. The Balaban J connectivity index is 1.86. The van der Waals surface area contributed by atoms with Crippen molar-refractivity contribution < 1.29 is 17.1 Å². The number of halogens is 1. The summed E-state index contributed by atoms with van der Waals surface area (Å²) in [5.74, 6) is -1.09. The molecule has 1 saturated heterocycles. The predicted molar refractivity (Wildman–Crippen MR) is 65.4 cm³/mol. The molecule has 1 aliphatic rings. The Kier molecular flexibility index (Phi) is 3.96. The van der Waals surface area contributed by atoms with Crippen molar-refractivity contribution in [3.8, 4) is 0 Å². The highest BCUT2D eigenvalue weighted by Gasteiger charge is 2.32. The summed E-state index contributed by atoms with van der Waals surface area (Å²) >= 11 is 1.51. The van der Waals surface area contributed by atoms with Gasteiger partial charge in [0.25, 0.3) is 0 Å². The summed E-state index contributed by atoms with van der Waals surface area (Å²) < 4.78 is 33.6. The molecule has 0 aliphatic carbocycles. The van der Waals surface area contributed by atoms with Gasteiger partial charge in [0.05, 0.1) is 11.3 Å². The van der Waals surface area contributed by atoms with E-state index in [2.05, 4.69) is 4.98 Å². The second kappa shape index (κ2) is 5.31. The maximum absolute atomic E-state index is 12.5. The maximum atomic E-state index is 12.5. The molecule has 0 aromatic carbocycles. The van der Waals surface area contributed by atoms with Crippen LogP contribution in [0.3, 0.4) is 0 Å². The van der Waals surface area contributed by atoms with Crippen molar-refractivity contribution in [3.63, 3.8) is 0 Å². The first-order chi connectivity index (χ1) is 8.44. The summed E-state index contributed by atoms with van der Waals surface area (Å²) in [5, 5.41) is 0. The molecule has 0 bridgehead atoms. The van der Waals surface area contributed by atoms with E-state index in [0.717, 1.165) is 4.88 Å². The number of carbonyl (C=O) groups excluding carboxylic acids is 1. The molecule has 100 valence electrons. The highest BCUT2D eigenvalue weighted by Crippen LogP contribution is 2.20. The van der Waals surface area contributed by atoms with Gasteiger partial charge >= 0.3 is 10.2 Å². The van der Waals surface area contributed by atoms with Crippen molar-refractivity contribution in [1.29, 1.82) is 0 Å². The fourth-order valence-electron chi connectivity index (χ4n) is 2.07. The number of hydrogen-bond acceptors (Lipinski definition) is 5. The largest absolute Gasteiger partial charge is 0.342 e. The van der Waals surface area contributed by atoms with Gasteiger partial charge in [-0.3, -0.25) is 9.78 Å². The van der Waals surface area contributed by atoms with Gasteiger partial charge in [-0.2, -0.15) is 8.42 Å². The van der Waals surface area contributed by atoms with Gasteiger partial charge in [-0.1, -0.05) is 0 Å². The van der Waals surface area contributed by atoms with Gasteiger partial charge < -0.3 is 4.90 Å². The fraction of sp³-hybridized carbons (Fsp3) is 0.600. The molecule has 0 saturated carbocycles. The lowest BCUT2D eigenvalue weighted by atomic mass is 10.1. The summed E-state index contributed by atoms with van der Waals surface area (Å²) in [7, 11) is -4.50. The maximum Gasteiger partial charge on any atom is 0.302 e. The van der Waals surface area contributed by atoms with E-state index in [1.165, 1.54) is 11.3 Å². The van der Waals surface area contributed by atoms with Crippen molar-refractivity contribution in [3.05, 3.63) is 16.6 Å². The van der Waals surface area contributed by atoms with E-state index in [4.69, 9.17) is 0 Å². The SMILES string of the molecule is O=C1CC(CS(=O)(=O)F)CN1CCc1cncs1. The zero-order chi connectivity index (χ0) is 13.2. The van der Waals surface area contributed by atoms with Crippen LogP contribution >= 0.6 is 11.3 Å². The minimum Gasteiger partial charge on any atom is -0.342 e. The normalized spacial score (nSPS) is 20.6. The quantitative estimate of drug-likeness (QED) is 0.754. The van der Waals surface area contributed by atoms with Gasteiger partial charge in [0.15, 0.2) is 0 Å². The van der Waals surface area contributed by atoms with Gasteiger partial charge in [0, 0.05) is 42.9 Å². The molecule has 1 aromatic rings. The number of rotatable bonds is 5. The molecule has 0 spiro atoms. The van der Waals surface area contributed by atoms with Crippen LogP contribution < -0.4 is 0 Å². The Hall–Kier alpha value is -1.02. The molecule has 1 aromatic heterocycles.